The van der Waals surface area contributed by atoms with Crippen LogP contribution in [0.3, 0.4) is 0 Å². The number of hydrogen-bond acceptors (Lipinski definition) is 2. The Labute approximate surface area is 123 Å². The molecule has 4 nitrogen and oxygen atoms in total. The minimum Gasteiger partial charge on any atom is -0.303 e. The number of aromatic amines is 1. The van der Waals surface area contributed by atoms with Crippen LogP contribution in [0, 0.1) is 0 Å². The molecule has 0 radical (unpaired) electrons. The van der Waals surface area contributed by atoms with E-state index in [-0.39, 0.29) is 11.6 Å². The summed E-state index contributed by atoms with van der Waals surface area (Å²) in [6, 6.07) is 3.61. The van der Waals surface area contributed by atoms with Crippen molar-refractivity contribution in [2.75, 3.05) is 0 Å². The van der Waals surface area contributed by atoms with Crippen molar-refractivity contribution in [2.45, 2.75) is 25.2 Å². The lowest BCUT2D eigenvalue weighted by Crippen LogP contribution is -1.98. The molecular formula is C14H11ClF2N4. The highest BCUT2D eigenvalue weighted by molar-refractivity contribution is 6.35. The molecule has 2 aromatic heterocycles. The molecule has 1 fully saturated rings. The quantitative estimate of drug-likeness (QED) is 0.787. The molecule has 7 heteroatoms. The summed E-state index contributed by atoms with van der Waals surface area (Å²) in [6.45, 7) is 0. The number of hydrogen-bond donors (Lipinski definition) is 1. The lowest BCUT2D eigenvalue weighted by atomic mass is 10.2. The third kappa shape index (κ3) is 2.10. The van der Waals surface area contributed by atoms with Gasteiger partial charge in [-0.1, -0.05) is 11.6 Å². The summed E-state index contributed by atoms with van der Waals surface area (Å²) in [5, 5.41) is 8.11. The van der Waals surface area contributed by atoms with Crippen molar-refractivity contribution >= 4 is 22.5 Å². The fourth-order valence-electron chi connectivity index (χ4n) is 2.49. The van der Waals surface area contributed by atoms with Crippen LogP contribution in [-0.2, 0) is 0 Å². The van der Waals surface area contributed by atoms with Crippen LogP contribution in [0.15, 0.2) is 24.5 Å². The first-order chi connectivity index (χ1) is 10.1. The van der Waals surface area contributed by atoms with Gasteiger partial charge in [-0.3, -0.25) is 5.10 Å². The number of H-pyrrole nitrogens is 1. The molecule has 108 valence electrons. The van der Waals surface area contributed by atoms with Crippen molar-refractivity contribution in [2.24, 2.45) is 0 Å². The molecule has 1 aliphatic carbocycles. The number of halogens is 3. The molecule has 0 aliphatic heterocycles. The molecule has 1 aromatic carbocycles. The molecule has 0 spiro atoms. The summed E-state index contributed by atoms with van der Waals surface area (Å²) in [4.78, 5) is 4.09. The highest BCUT2D eigenvalue weighted by atomic mass is 35.5. The van der Waals surface area contributed by atoms with E-state index in [1.807, 2.05) is 6.07 Å². The van der Waals surface area contributed by atoms with Gasteiger partial charge in [0.15, 0.2) is 0 Å². The average molecular weight is 309 g/mol. The molecule has 1 aliphatic rings. The molecule has 0 atom stereocenters. The first-order valence-corrected chi connectivity index (χ1v) is 7.01. The molecule has 0 saturated heterocycles. The van der Waals surface area contributed by atoms with Crippen LogP contribution in [0.5, 0.6) is 0 Å². The number of nitrogens with one attached hydrogen (secondary N) is 1. The van der Waals surface area contributed by atoms with Crippen LogP contribution in [-0.4, -0.2) is 19.7 Å². The van der Waals surface area contributed by atoms with Crippen LogP contribution in [0.25, 0.3) is 16.6 Å². The Morgan fingerprint density at radius 3 is 2.86 bits per heavy atom. The van der Waals surface area contributed by atoms with Gasteiger partial charge in [0.25, 0.3) is 6.43 Å². The SMILES string of the molecule is FC(F)c1cn(-c2cc(Cl)c3[nH]ncc3c2)c(C2CC2)n1. The summed E-state index contributed by atoms with van der Waals surface area (Å²) in [5.41, 5.74) is 1.28. The van der Waals surface area contributed by atoms with Crippen LogP contribution in [0.2, 0.25) is 5.02 Å². The Kier molecular flexibility index (Phi) is 2.75. The maximum atomic E-state index is 12.9. The highest BCUT2D eigenvalue weighted by Gasteiger charge is 2.30. The van der Waals surface area contributed by atoms with Crippen molar-refractivity contribution in [3.63, 3.8) is 0 Å². The third-order valence-electron chi connectivity index (χ3n) is 3.68. The molecule has 2 heterocycles. The van der Waals surface area contributed by atoms with Crippen molar-refractivity contribution in [1.29, 1.82) is 0 Å². The Balaban J connectivity index is 1.90. The zero-order chi connectivity index (χ0) is 14.6. The highest BCUT2D eigenvalue weighted by Crippen LogP contribution is 2.41. The van der Waals surface area contributed by atoms with Gasteiger partial charge in [-0.15, -0.1) is 0 Å². The zero-order valence-corrected chi connectivity index (χ0v) is 11.6. The number of alkyl halides is 2. The fraction of sp³-hybridized carbons (Fsp3) is 0.286. The molecular weight excluding hydrogens is 298 g/mol. The first kappa shape index (κ1) is 12.8. The zero-order valence-electron chi connectivity index (χ0n) is 10.9. The maximum Gasteiger partial charge on any atom is 0.281 e. The minimum atomic E-state index is -2.57. The average Bonchev–Trinajstić information content (AvgIpc) is 3.02. The largest absolute Gasteiger partial charge is 0.303 e. The van der Waals surface area contributed by atoms with Gasteiger partial charge < -0.3 is 4.57 Å². The van der Waals surface area contributed by atoms with E-state index in [9.17, 15) is 8.78 Å². The standard InChI is InChI=1S/C14H11ClF2N4/c15-10-4-9(3-8-5-18-20-12(8)10)21-6-11(13(16)17)19-14(21)7-1-2-7/h3-7,13H,1-2H2,(H,18,20). The van der Waals surface area contributed by atoms with E-state index in [0.29, 0.717) is 10.8 Å². The lowest BCUT2D eigenvalue weighted by molar-refractivity contribution is 0.146. The van der Waals surface area contributed by atoms with Crippen molar-refractivity contribution in [3.05, 3.63) is 41.1 Å². The van der Waals surface area contributed by atoms with Crippen LogP contribution in [0.1, 0.15) is 36.7 Å². The Bertz CT molecular complexity index is 820. The summed E-state index contributed by atoms with van der Waals surface area (Å²) in [5.74, 6) is 0.945. The second-order valence-corrected chi connectivity index (χ2v) is 5.64. The van der Waals surface area contributed by atoms with Gasteiger partial charge in [0.2, 0.25) is 0 Å². The second kappa shape index (κ2) is 4.53. The number of imidazole rings is 1. The number of nitrogens with zero attached hydrogens (tertiary/aromatic N) is 3. The molecule has 4 rings (SSSR count). The minimum absolute atomic E-state index is 0.194. The summed E-state index contributed by atoms with van der Waals surface area (Å²) >= 11 is 6.22. The van der Waals surface area contributed by atoms with E-state index in [0.717, 1.165) is 29.4 Å². The summed E-state index contributed by atoms with van der Waals surface area (Å²) < 4.78 is 27.6. The molecule has 0 unspecified atom stereocenters. The molecule has 3 aromatic rings. The topological polar surface area (TPSA) is 46.5 Å². The van der Waals surface area contributed by atoms with Gasteiger partial charge in [0.1, 0.15) is 11.5 Å². The molecule has 1 saturated carbocycles. The van der Waals surface area contributed by atoms with E-state index >= 15 is 0 Å². The van der Waals surface area contributed by atoms with E-state index in [4.69, 9.17) is 11.6 Å². The lowest BCUT2D eigenvalue weighted by Gasteiger charge is -2.08. The number of rotatable bonds is 3. The monoisotopic (exact) mass is 308 g/mol. The first-order valence-electron chi connectivity index (χ1n) is 6.64. The van der Waals surface area contributed by atoms with Crippen LogP contribution < -0.4 is 0 Å². The Morgan fingerprint density at radius 2 is 2.14 bits per heavy atom. The smallest absolute Gasteiger partial charge is 0.281 e. The molecule has 1 N–H and O–H groups in total. The van der Waals surface area contributed by atoms with E-state index in [1.54, 1.807) is 16.8 Å². The second-order valence-electron chi connectivity index (χ2n) is 5.23. The Morgan fingerprint density at radius 1 is 1.33 bits per heavy atom. The van der Waals surface area contributed by atoms with Crippen molar-refractivity contribution < 1.29 is 8.78 Å². The number of fused-ring (bicyclic) bond motifs is 1. The van der Waals surface area contributed by atoms with Crippen LogP contribution >= 0.6 is 11.6 Å². The van der Waals surface area contributed by atoms with E-state index < -0.39 is 6.43 Å². The predicted octanol–water partition coefficient (Wildman–Crippen LogP) is 4.22. The maximum absolute atomic E-state index is 12.9. The third-order valence-corrected chi connectivity index (χ3v) is 3.98. The van der Waals surface area contributed by atoms with Gasteiger partial charge in [0, 0.05) is 23.2 Å². The molecule has 0 bridgehead atoms. The van der Waals surface area contributed by atoms with Crippen LogP contribution in [0.4, 0.5) is 8.78 Å². The van der Waals surface area contributed by atoms with Crippen molar-refractivity contribution in [3.8, 4) is 5.69 Å². The summed E-state index contributed by atoms with van der Waals surface area (Å²) in [7, 11) is 0. The summed E-state index contributed by atoms with van der Waals surface area (Å²) in [6.07, 6.45) is 2.46. The predicted molar refractivity (Wildman–Crippen MR) is 75.2 cm³/mol. The van der Waals surface area contributed by atoms with Gasteiger partial charge >= 0.3 is 0 Å². The molecule has 0 amide bonds. The van der Waals surface area contributed by atoms with E-state index in [2.05, 4.69) is 15.2 Å². The van der Waals surface area contributed by atoms with Gasteiger partial charge in [-0.2, -0.15) is 5.10 Å². The van der Waals surface area contributed by atoms with Gasteiger partial charge in [0.05, 0.1) is 16.7 Å². The van der Waals surface area contributed by atoms with Crippen molar-refractivity contribution in [1.82, 2.24) is 19.7 Å². The Hall–Kier alpha value is -1.95. The van der Waals surface area contributed by atoms with Gasteiger partial charge in [-0.25, -0.2) is 13.8 Å². The fourth-order valence-corrected chi connectivity index (χ4v) is 2.76. The van der Waals surface area contributed by atoms with E-state index in [1.165, 1.54) is 6.20 Å². The van der Waals surface area contributed by atoms with Gasteiger partial charge in [-0.05, 0) is 25.0 Å². The number of benzene rings is 1. The number of aromatic nitrogens is 4. The normalized spacial score (nSPS) is 15.2. The molecule has 21 heavy (non-hydrogen) atoms.